The van der Waals surface area contributed by atoms with E-state index in [0.717, 1.165) is 24.8 Å². The summed E-state index contributed by atoms with van der Waals surface area (Å²) < 4.78 is 2.02. The molecule has 3 nitrogen and oxygen atoms in total. The van der Waals surface area contributed by atoms with E-state index in [1.165, 1.54) is 30.7 Å². The number of hydrogen-bond acceptors (Lipinski definition) is 2. The van der Waals surface area contributed by atoms with Crippen LogP contribution in [0, 0.1) is 11.8 Å². The second-order valence-electron chi connectivity index (χ2n) is 5.70. The first-order chi connectivity index (χ1) is 8.65. The minimum Gasteiger partial charge on any atom is -0.308 e. The van der Waals surface area contributed by atoms with Gasteiger partial charge in [-0.05, 0) is 37.2 Å². The van der Waals surface area contributed by atoms with E-state index in [0.29, 0.717) is 6.04 Å². The molecule has 102 valence electrons. The highest BCUT2D eigenvalue weighted by molar-refractivity contribution is 5.10. The molecule has 1 saturated carbocycles. The predicted octanol–water partition coefficient (Wildman–Crippen LogP) is 2.90. The highest BCUT2D eigenvalue weighted by Gasteiger charge is 2.31. The van der Waals surface area contributed by atoms with Gasteiger partial charge in [-0.25, -0.2) is 0 Å². The van der Waals surface area contributed by atoms with Crippen LogP contribution >= 0.6 is 0 Å². The van der Waals surface area contributed by atoms with E-state index in [-0.39, 0.29) is 0 Å². The first-order valence-corrected chi connectivity index (χ1v) is 7.40. The standard InChI is InChI=1S/C15H27N3/c1-5-12-7-8-15(11(12)3)16-10-14-9-13(6-2)17-18(14)4/h9,11-12,15-16H,5-8,10H2,1-4H3. The van der Waals surface area contributed by atoms with E-state index in [4.69, 9.17) is 0 Å². The average molecular weight is 249 g/mol. The smallest absolute Gasteiger partial charge is 0.0625 e. The Balaban J connectivity index is 1.90. The lowest BCUT2D eigenvalue weighted by Crippen LogP contribution is -2.32. The summed E-state index contributed by atoms with van der Waals surface area (Å²) in [4.78, 5) is 0. The summed E-state index contributed by atoms with van der Waals surface area (Å²) >= 11 is 0. The average Bonchev–Trinajstić information content (AvgIpc) is 2.90. The Kier molecular flexibility index (Phi) is 4.44. The van der Waals surface area contributed by atoms with Gasteiger partial charge < -0.3 is 5.32 Å². The van der Waals surface area contributed by atoms with Crippen molar-refractivity contribution in [1.82, 2.24) is 15.1 Å². The highest BCUT2D eigenvalue weighted by atomic mass is 15.3. The first kappa shape index (κ1) is 13.6. The van der Waals surface area contributed by atoms with Crippen LogP contribution in [-0.2, 0) is 20.0 Å². The van der Waals surface area contributed by atoms with Crippen molar-refractivity contribution in [3.8, 4) is 0 Å². The fourth-order valence-electron chi connectivity index (χ4n) is 3.26. The largest absolute Gasteiger partial charge is 0.308 e. The second-order valence-corrected chi connectivity index (χ2v) is 5.70. The monoisotopic (exact) mass is 249 g/mol. The SMILES string of the molecule is CCc1cc(CNC2CCC(CC)C2C)n(C)n1. The molecule has 3 atom stereocenters. The summed E-state index contributed by atoms with van der Waals surface area (Å²) in [5.74, 6) is 1.73. The van der Waals surface area contributed by atoms with Crippen LogP contribution in [0.15, 0.2) is 6.07 Å². The zero-order valence-electron chi connectivity index (χ0n) is 12.2. The van der Waals surface area contributed by atoms with Crippen LogP contribution < -0.4 is 5.32 Å². The van der Waals surface area contributed by atoms with E-state index in [9.17, 15) is 0 Å². The molecule has 1 aromatic rings. The molecule has 3 unspecified atom stereocenters. The van der Waals surface area contributed by atoms with Gasteiger partial charge in [0.15, 0.2) is 0 Å². The third kappa shape index (κ3) is 2.77. The molecule has 0 spiro atoms. The number of nitrogens with one attached hydrogen (secondary N) is 1. The van der Waals surface area contributed by atoms with Crippen molar-refractivity contribution in [3.63, 3.8) is 0 Å². The Morgan fingerprint density at radius 3 is 2.72 bits per heavy atom. The molecule has 18 heavy (non-hydrogen) atoms. The summed E-state index contributed by atoms with van der Waals surface area (Å²) in [6, 6.07) is 2.92. The van der Waals surface area contributed by atoms with E-state index < -0.39 is 0 Å². The van der Waals surface area contributed by atoms with Crippen LogP contribution in [0.25, 0.3) is 0 Å². The van der Waals surface area contributed by atoms with E-state index in [1.807, 2.05) is 11.7 Å². The zero-order chi connectivity index (χ0) is 13.1. The van der Waals surface area contributed by atoms with Gasteiger partial charge in [0.1, 0.15) is 0 Å². The molecule has 0 aromatic carbocycles. The molecular formula is C15H27N3. The summed E-state index contributed by atoms with van der Waals surface area (Å²) in [5, 5.41) is 8.23. The lowest BCUT2D eigenvalue weighted by atomic mass is 9.93. The number of hydrogen-bond donors (Lipinski definition) is 1. The minimum absolute atomic E-state index is 0.690. The summed E-state index contributed by atoms with van der Waals surface area (Å²) in [5.41, 5.74) is 2.50. The number of rotatable bonds is 5. The molecule has 3 heteroatoms. The van der Waals surface area contributed by atoms with Crippen LogP contribution in [-0.4, -0.2) is 15.8 Å². The molecule has 0 aliphatic heterocycles. The number of aryl methyl sites for hydroxylation is 2. The summed E-state index contributed by atoms with van der Waals surface area (Å²) in [6.45, 7) is 7.83. The molecule has 1 heterocycles. The zero-order valence-corrected chi connectivity index (χ0v) is 12.2. The van der Waals surface area contributed by atoms with Crippen molar-refractivity contribution in [1.29, 1.82) is 0 Å². The topological polar surface area (TPSA) is 29.9 Å². The molecule has 2 rings (SSSR count). The number of aromatic nitrogens is 2. The van der Waals surface area contributed by atoms with Crippen LogP contribution in [0.1, 0.15) is 51.4 Å². The van der Waals surface area contributed by atoms with Crippen LogP contribution in [0.2, 0.25) is 0 Å². The minimum atomic E-state index is 0.690. The third-order valence-corrected chi connectivity index (χ3v) is 4.69. The highest BCUT2D eigenvalue weighted by Crippen LogP contribution is 2.33. The Hall–Kier alpha value is -0.830. The normalized spacial score (nSPS) is 27.9. The summed E-state index contributed by atoms with van der Waals surface area (Å²) in [7, 11) is 2.04. The molecule has 1 aliphatic rings. The molecule has 0 radical (unpaired) electrons. The molecule has 1 aliphatic carbocycles. The molecule has 0 saturated heterocycles. The van der Waals surface area contributed by atoms with Gasteiger partial charge in [0.25, 0.3) is 0 Å². The maximum Gasteiger partial charge on any atom is 0.0625 e. The van der Waals surface area contributed by atoms with Crippen molar-refractivity contribution in [3.05, 3.63) is 17.5 Å². The fraction of sp³-hybridized carbons (Fsp3) is 0.800. The van der Waals surface area contributed by atoms with E-state index in [2.05, 4.69) is 37.3 Å². The van der Waals surface area contributed by atoms with Crippen LogP contribution in [0.3, 0.4) is 0 Å². The van der Waals surface area contributed by atoms with E-state index in [1.54, 1.807) is 0 Å². The van der Waals surface area contributed by atoms with Gasteiger partial charge in [-0.3, -0.25) is 4.68 Å². The van der Waals surface area contributed by atoms with Crippen molar-refractivity contribution in [2.45, 2.75) is 59.0 Å². The third-order valence-electron chi connectivity index (χ3n) is 4.69. The van der Waals surface area contributed by atoms with Gasteiger partial charge in [-0.1, -0.05) is 27.2 Å². The van der Waals surface area contributed by atoms with Gasteiger partial charge in [0.2, 0.25) is 0 Å². The van der Waals surface area contributed by atoms with E-state index >= 15 is 0 Å². The van der Waals surface area contributed by atoms with Crippen LogP contribution in [0.5, 0.6) is 0 Å². The molecule has 1 fully saturated rings. The maximum absolute atomic E-state index is 4.50. The Bertz CT molecular complexity index is 383. The van der Waals surface area contributed by atoms with Crippen LogP contribution in [0.4, 0.5) is 0 Å². The quantitative estimate of drug-likeness (QED) is 0.869. The maximum atomic E-state index is 4.50. The van der Waals surface area contributed by atoms with Gasteiger partial charge in [0.05, 0.1) is 11.4 Å². The van der Waals surface area contributed by atoms with Crippen molar-refractivity contribution in [2.75, 3.05) is 0 Å². The molecule has 0 amide bonds. The molecule has 1 N–H and O–H groups in total. The second kappa shape index (κ2) is 5.87. The number of nitrogens with zero attached hydrogens (tertiary/aromatic N) is 2. The summed E-state index contributed by atoms with van der Waals surface area (Å²) in [6.07, 6.45) is 5.07. The fourth-order valence-corrected chi connectivity index (χ4v) is 3.26. The van der Waals surface area contributed by atoms with Crippen molar-refractivity contribution >= 4 is 0 Å². The van der Waals surface area contributed by atoms with Gasteiger partial charge >= 0.3 is 0 Å². The first-order valence-electron chi connectivity index (χ1n) is 7.40. The Morgan fingerprint density at radius 1 is 1.39 bits per heavy atom. The Morgan fingerprint density at radius 2 is 2.17 bits per heavy atom. The van der Waals surface area contributed by atoms with Gasteiger partial charge in [0, 0.05) is 19.6 Å². The lowest BCUT2D eigenvalue weighted by Gasteiger charge is -2.21. The molecule has 1 aromatic heterocycles. The molecular weight excluding hydrogens is 222 g/mol. The van der Waals surface area contributed by atoms with Crippen molar-refractivity contribution < 1.29 is 0 Å². The lowest BCUT2D eigenvalue weighted by molar-refractivity contribution is 0.342. The van der Waals surface area contributed by atoms with Gasteiger partial charge in [-0.15, -0.1) is 0 Å². The van der Waals surface area contributed by atoms with Gasteiger partial charge in [-0.2, -0.15) is 5.10 Å². The predicted molar refractivity (Wildman–Crippen MR) is 75.4 cm³/mol. The van der Waals surface area contributed by atoms with Crippen molar-refractivity contribution in [2.24, 2.45) is 18.9 Å². The molecule has 0 bridgehead atoms. The Labute approximate surface area is 111 Å².